The van der Waals surface area contributed by atoms with E-state index in [9.17, 15) is 22.8 Å². The predicted molar refractivity (Wildman–Crippen MR) is 94.2 cm³/mol. The molecule has 6 nitrogen and oxygen atoms in total. The highest BCUT2D eigenvalue weighted by molar-refractivity contribution is 5.91. The van der Waals surface area contributed by atoms with Gasteiger partial charge in [0.1, 0.15) is 17.5 Å². The van der Waals surface area contributed by atoms with Crippen LogP contribution in [0.5, 0.6) is 5.75 Å². The van der Waals surface area contributed by atoms with E-state index in [4.69, 9.17) is 9.47 Å². The molecule has 0 aromatic heterocycles. The van der Waals surface area contributed by atoms with Gasteiger partial charge in [-0.1, -0.05) is 0 Å². The van der Waals surface area contributed by atoms with E-state index in [0.29, 0.717) is 25.9 Å². The summed E-state index contributed by atoms with van der Waals surface area (Å²) in [6.07, 6.45) is -4.39. The summed E-state index contributed by atoms with van der Waals surface area (Å²) in [5.74, 6) is -0.943. The minimum atomic E-state index is -4.68. The van der Waals surface area contributed by atoms with Crippen LogP contribution < -0.4 is 4.74 Å². The van der Waals surface area contributed by atoms with Crippen LogP contribution in [0.3, 0.4) is 0 Å². The quantitative estimate of drug-likeness (QED) is 0.706. The molecule has 1 heterocycles. The molecular weight excluding hydrogens is 379 g/mol. The second-order valence-corrected chi connectivity index (χ2v) is 7.48. The van der Waals surface area contributed by atoms with Crippen LogP contribution in [0.15, 0.2) is 18.2 Å². The summed E-state index contributed by atoms with van der Waals surface area (Å²) in [5, 5.41) is 0. The van der Waals surface area contributed by atoms with Crippen molar-refractivity contribution in [2.24, 2.45) is 0 Å². The minimum Gasteiger partial charge on any atom is -0.490 e. The average Bonchev–Trinajstić information content (AvgIpc) is 2.59. The summed E-state index contributed by atoms with van der Waals surface area (Å²) < 4.78 is 54.7. The zero-order valence-corrected chi connectivity index (χ0v) is 16.3. The van der Waals surface area contributed by atoms with Gasteiger partial charge in [0.15, 0.2) is 0 Å². The lowest BCUT2D eigenvalue weighted by atomic mass is 10.1. The molecule has 0 N–H and O–H groups in total. The Balaban J connectivity index is 2.03. The fourth-order valence-electron chi connectivity index (χ4n) is 2.80. The number of nitrogens with zero attached hydrogens (tertiary/aromatic N) is 1. The Hall–Kier alpha value is -2.45. The molecule has 2 rings (SSSR count). The van der Waals surface area contributed by atoms with Crippen LogP contribution in [-0.2, 0) is 15.7 Å². The summed E-state index contributed by atoms with van der Waals surface area (Å²) in [7, 11) is 1.02. The maximum Gasteiger partial charge on any atom is 0.417 e. The summed E-state index contributed by atoms with van der Waals surface area (Å²) >= 11 is 0. The number of hydrogen-bond acceptors (Lipinski definition) is 5. The van der Waals surface area contributed by atoms with Crippen LogP contribution in [0.2, 0.25) is 0 Å². The van der Waals surface area contributed by atoms with Gasteiger partial charge in [0.05, 0.1) is 18.2 Å². The fraction of sp³-hybridized carbons (Fsp3) is 0.579. The molecule has 0 spiro atoms. The summed E-state index contributed by atoms with van der Waals surface area (Å²) in [4.78, 5) is 25.4. The topological polar surface area (TPSA) is 65.1 Å². The fourth-order valence-corrected chi connectivity index (χ4v) is 2.80. The van der Waals surface area contributed by atoms with Gasteiger partial charge in [-0.15, -0.1) is 0 Å². The first-order valence-corrected chi connectivity index (χ1v) is 8.85. The SMILES string of the molecule is COC(=O)c1cc(OC2CCN(C(=O)OC(C)(C)C)CC2)ccc1C(F)(F)F. The lowest BCUT2D eigenvalue weighted by Gasteiger charge is -2.33. The molecule has 1 aromatic rings. The Kier molecular flexibility index (Phi) is 6.46. The summed E-state index contributed by atoms with van der Waals surface area (Å²) in [6, 6.07) is 3.02. The number of carbonyl (C=O) groups is 2. The highest BCUT2D eigenvalue weighted by Gasteiger charge is 2.36. The second kappa shape index (κ2) is 8.28. The molecule has 1 saturated heterocycles. The molecule has 0 bridgehead atoms. The van der Waals surface area contributed by atoms with Gasteiger partial charge in [0.25, 0.3) is 0 Å². The highest BCUT2D eigenvalue weighted by Crippen LogP contribution is 2.34. The highest BCUT2D eigenvalue weighted by atomic mass is 19.4. The third-order valence-electron chi connectivity index (χ3n) is 4.10. The molecule has 28 heavy (non-hydrogen) atoms. The van der Waals surface area contributed by atoms with Crippen molar-refractivity contribution in [2.45, 2.75) is 51.5 Å². The van der Waals surface area contributed by atoms with Gasteiger partial charge >= 0.3 is 18.2 Å². The number of esters is 1. The first-order chi connectivity index (χ1) is 12.9. The molecule has 1 amide bonds. The molecule has 0 unspecified atom stereocenters. The number of likely N-dealkylation sites (tertiary alicyclic amines) is 1. The Morgan fingerprint density at radius 1 is 1.11 bits per heavy atom. The normalized spacial score (nSPS) is 15.9. The molecule has 0 aliphatic carbocycles. The molecule has 1 aromatic carbocycles. The van der Waals surface area contributed by atoms with E-state index in [2.05, 4.69) is 4.74 Å². The van der Waals surface area contributed by atoms with Crippen LogP contribution in [0.1, 0.15) is 49.5 Å². The van der Waals surface area contributed by atoms with Crippen LogP contribution in [0.25, 0.3) is 0 Å². The van der Waals surface area contributed by atoms with Gasteiger partial charge in [-0.2, -0.15) is 13.2 Å². The number of alkyl halides is 3. The van der Waals surface area contributed by atoms with Crippen molar-refractivity contribution in [1.29, 1.82) is 0 Å². The van der Waals surface area contributed by atoms with E-state index in [1.165, 1.54) is 6.07 Å². The lowest BCUT2D eigenvalue weighted by Crippen LogP contribution is -2.44. The third-order valence-corrected chi connectivity index (χ3v) is 4.10. The van der Waals surface area contributed by atoms with Crippen molar-refractivity contribution >= 4 is 12.1 Å². The van der Waals surface area contributed by atoms with Gasteiger partial charge in [-0.05, 0) is 39.0 Å². The zero-order valence-electron chi connectivity index (χ0n) is 16.3. The first kappa shape index (κ1) is 21.8. The Morgan fingerprint density at radius 2 is 1.71 bits per heavy atom. The molecule has 0 saturated carbocycles. The van der Waals surface area contributed by atoms with E-state index < -0.39 is 35.0 Å². The number of amides is 1. The maximum absolute atomic E-state index is 13.1. The number of piperidine rings is 1. The molecule has 156 valence electrons. The first-order valence-electron chi connectivity index (χ1n) is 8.85. The monoisotopic (exact) mass is 403 g/mol. The van der Waals surface area contributed by atoms with E-state index in [1.54, 1.807) is 25.7 Å². The van der Waals surface area contributed by atoms with E-state index in [1.807, 2.05) is 0 Å². The van der Waals surface area contributed by atoms with Gasteiger partial charge in [-0.25, -0.2) is 9.59 Å². The lowest BCUT2D eigenvalue weighted by molar-refractivity contribution is -0.138. The van der Waals surface area contributed by atoms with Gasteiger partial charge < -0.3 is 19.1 Å². The smallest absolute Gasteiger partial charge is 0.417 e. The third kappa shape index (κ3) is 5.77. The number of carbonyl (C=O) groups excluding carboxylic acids is 2. The van der Waals surface area contributed by atoms with Crippen LogP contribution in [0.4, 0.5) is 18.0 Å². The Bertz CT molecular complexity index is 719. The van der Waals surface area contributed by atoms with Crippen LogP contribution in [-0.4, -0.2) is 48.9 Å². The predicted octanol–water partition coefficient (Wildman–Crippen LogP) is 4.27. The van der Waals surface area contributed by atoms with Gasteiger partial charge in [-0.3, -0.25) is 0 Å². The van der Waals surface area contributed by atoms with Gasteiger partial charge in [0.2, 0.25) is 0 Å². The van der Waals surface area contributed by atoms with Crippen molar-refractivity contribution in [2.75, 3.05) is 20.2 Å². The molecular formula is C19H24F3NO5. The number of hydrogen-bond donors (Lipinski definition) is 0. The number of halogens is 3. The average molecular weight is 403 g/mol. The molecule has 0 atom stereocenters. The molecule has 9 heteroatoms. The molecule has 1 aliphatic rings. The largest absolute Gasteiger partial charge is 0.490 e. The van der Waals surface area contributed by atoms with Crippen molar-refractivity contribution in [3.8, 4) is 5.75 Å². The van der Waals surface area contributed by atoms with Crippen molar-refractivity contribution in [3.63, 3.8) is 0 Å². The van der Waals surface area contributed by atoms with E-state index in [0.717, 1.165) is 19.2 Å². The van der Waals surface area contributed by atoms with E-state index >= 15 is 0 Å². The zero-order chi connectivity index (χ0) is 21.1. The van der Waals surface area contributed by atoms with Crippen molar-refractivity contribution < 1.29 is 37.0 Å². The Labute approximate surface area is 161 Å². The molecule has 0 radical (unpaired) electrons. The standard InChI is InChI=1S/C19H24F3NO5/c1-18(2,3)28-17(25)23-9-7-12(8-10-23)27-13-5-6-15(19(20,21)22)14(11-13)16(24)26-4/h5-6,11-12H,7-10H2,1-4H3. The van der Waals surface area contributed by atoms with Crippen molar-refractivity contribution in [1.82, 2.24) is 4.90 Å². The number of methoxy groups -OCH3 is 1. The van der Waals surface area contributed by atoms with Crippen LogP contribution in [0, 0.1) is 0 Å². The summed E-state index contributed by atoms with van der Waals surface area (Å²) in [5.41, 5.74) is -2.26. The maximum atomic E-state index is 13.1. The van der Waals surface area contributed by atoms with Crippen molar-refractivity contribution in [3.05, 3.63) is 29.3 Å². The minimum absolute atomic E-state index is 0.143. The molecule has 1 aliphatic heterocycles. The van der Waals surface area contributed by atoms with E-state index in [-0.39, 0.29) is 11.9 Å². The molecule has 1 fully saturated rings. The number of benzene rings is 1. The number of rotatable bonds is 3. The van der Waals surface area contributed by atoms with Gasteiger partial charge in [0, 0.05) is 25.9 Å². The van der Waals surface area contributed by atoms with Crippen LogP contribution >= 0.6 is 0 Å². The second-order valence-electron chi connectivity index (χ2n) is 7.48. The number of ether oxygens (including phenoxy) is 3. The summed E-state index contributed by atoms with van der Waals surface area (Å²) in [6.45, 7) is 6.16. The Morgan fingerprint density at radius 3 is 2.21 bits per heavy atom.